The number of hydrogen-bond donors (Lipinski definition) is 0. The zero-order valence-corrected chi connectivity index (χ0v) is 36.6. The van der Waals surface area contributed by atoms with Crippen molar-refractivity contribution < 1.29 is 0 Å². The molecular weight excluding hydrogens is 801 g/mol. The van der Waals surface area contributed by atoms with Crippen molar-refractivity contribution in [3.63, 3.8) is 0 Å². The number of hydrogen-bond acceptors (Lipinski definition) is 1. The average molecular weight is 841 g/mol. The smallest absolute Gasteiger partial charge is 0.0737 e. The second-order valence-electron chi connectivity index (χ2n) is 17.7. The molecule has 2 aliphatic carbocycles. The molecule has 1 heterocycles. The fraction of sp³-hybridized carbons (Fsp3) is 0.0312. The van der Waals surface area contributed by atoms with Crippen molar-refractivity contribution in [2.75, 3.05) is 0 Å². The first kappa shape index (κ1) is 36.6. The summed E-state index contributed by atoms with van der Waals surface area (Å²) in [5, 5.41) is 14.0. The van der Waals surface area contributed by atoms with Gasteiger partial charge in [-0.2, -0.15) is 0 Å². The molecule has 1 spiro atoms. The topological polar surface area (TPSA) is 0 Å². The van der Waals surface area contributed by atoms with Crippen molar-refractivity contribution in [3.8, 4) is 44.5 Å². The highest BCUT2D eigenvalue weighted by molar-refractivity contribution is 7.20. The molecule has 0 aliphatic heterocycles. The van der Waals surface area contributed by atoms with Gasteiger partial charge in [0.1, 0.15) is 0 Å². The van der Waals surface area contributed by atoms with E-state index in [4.69, 9.17) is 0 Å². The Kier molecular flexibility index (Phi) is 7.65. The van der Waals surface area contributed by atoms with E-state index in [1.54, 1.807) is 0 Å². The van der Waals surface area contributed by atoms with E-state index in [0.29, 0.717) is 0 Å². The van der Waals surface area contributed by atoms with Gasteiger partial charge in [0.2, 0.25) is 0 Å². The zero-order valence-electron chi connectivity index (χ0n) is 35.8. The number of allylic oxidation sites excluding steroid dienone is 1. The summed E-state index contributed by atoms with van der Waals surface area (Å²) < 4.78 is 1.28. The van der Waals surface area contributed by atoms with Gasteiger partial charge in [0.05, 0.1) is 5.41 Å². The molecule has 0 nitrogen and oxygen atoms in total. The van der Waals surface area contributed by atoms with Crippen molar-refractivity contribution in [3.05, 3.63) is 239 Å². The molecule has 0 atom stereocenters. The van der Waals surface area contributed by atoms with E-state index in [2.05, 4.69) is 220 Å². The first-order valence-corrected chi connectivity index (χ1v) is 23.5. The van der Waals surface area contributed by atoms with Crippen LogP contribution in [0.15, 0.2) is 207 Å². The van der Waals surface area contributed by atoms with E-state index in [9.17, 15) is 0 Å². The Hall–Kier alpha value is -7.84. The number of fused-ring (bicyclic) bond motifs is 20. The van der Waals surface area contributed by atoms with E-state index in [1.807, 2.05) is 17.4 Å². The minimum atomic E-state index is -0.537. The van der Waals surface area contributed by atoms with Gasteiger partial charge in [0.15, 0.2) is 0 Å². The summed E-state index contributed by atoms with van der Waals surface area (Å²) in [6, 6.07) is 73.9. The van der Waals surface area contributed by atoms with Gasteiger partial charge in [-0.05, 0) is 157 Å². The Balaban J connectivity index is 1.16. The van der Waals surface area contributed by atoms with Crippen molar-refractivity contribution in [2.24, 2.45) is 0 Å². The lowest BCUT2D eigenvalue weighted by molar-refractivity contribution is 0.809. The first-order valence-electron chi connectivity index (χ1n) is 22.7. The monoisotopic (exact) mass is 840 g/mol. The summed E-state index contributed by atoms with van der Waals surface area (Å²) in [6.45, 7) is 6.34. The fourth-order valence-electron chi connectivity index (χ4n) is 12.4. The number of benzene rings is 11. The van der Waals surface area contributed by atoms with Crippen molar-refractivity contribution in [1.82, 2.24) is 0 Å². The SMILES string of the molecule is C=Cc1c(/C=C\C)sc2ccc(-c3c4ccccc4c(-c4cc5c(c6ccccc46)C4(c6ccccc6-c6ccccc64)c4c-5c5ccccc5c5ccccc45)c4ccccc34)cc12. The van der Waals surface area contributed by atoms with Gasteiger partial charge in [-0.3, -0.25) is 0 Å². The number of thiophene rings is 1. The molecule has 0 amide bonds. The highest BCUT2D eigenvalue weighted by Crippen LogP contribution is 2.67. The van der Waals surface area contributed by atoms with Gasteiger partial charge in [-0.1, -0.05) is 195 Å². The van der Waals surface area contributed by atoms with Gasteiger partial charge >= 0.3 is 0 Å². The summed E-state index contributed by atoms with van der Waals surface area (Å²) in [7, 11) is 0. The van der Waals surface area contributed by atoms with Crippen LogP contribution >= 0.6 is 11.3 Å². The van der Waals surface area contributed by atoms with Crippen molar-refractivity contribution in [2.45, 2.75) is 12.3 Å². The molecule has 0 radical (unpaired) electrons. The summed E-state index contributed by atoms with van der Waals surface area (Å²) in [6.07, 6.45) is 6.35. The van der Waals surface area contributed by atoms with E-state index >= 15 is 0 Å². The molecule has 0 N–H and O–H groups in total. The summed E-state index contributed by atoms with van der Waals surface area (Å²) in [4.78, 5) is 1.25. The molecule has 1 heteroatoms. The van der Waals surface area contributed by atoms with Gasteiger partial charge in [-0.15, -0.1) is 11.3 Å². The molecule has 2 aliphatic rings. The highest BCUT2D eigenvalue weighted by atomic mass is 32.1. The molecule has 0 saturated heterocycles. The van der Waals surface area contributed by atoms with Crippen LogP contribution in [0.5, 0.6) is 0 Å². The molecule has 12 aromatic rings. The van der Waals surface area contributed by atoms with Crippen LogP contribution < -0.4 is 0 Å². The Morgan fingerprint density at radius 2 is 0.877 bits per heavy atom. The second kappa shape index (κ2) is 13.6. The van der Waals surface area contributed by atoms with Crippen LogP contribution in [0.4, 0.5) is 0 Å². The Labute approximate surface area is 381 Å². The van der Waals surface area contributed by atoms with Crippen LogP contribution in [0.25, 0.3) is 121 Å². The lowest BCUT2D eigenvalue weighted by Gasteiger charge is -2.33. The molecule has 11 aromatic carbocycles. The molecule has 302 valence electrons. The summed E-state index contributed by atoms with van der Waals surface area (Å²) in [5.74, 6) is 0. The largest absolute Gasteiger partial charge is 0.135 e. The van der Waals surface area contributed by atoms with Gasteiger partial charge in [0.25, 0.3) is 0 Å². The quantitative estimate of drug-likeness (QED) is 0.122. The lowest BCUT2D eigenvalue weighted by Crippen LogP contribution is -2.26. The summed E-state index contributed by atoms with van der Waals surface area (Å²) >= 11 is 1.83. The van der Waals surface area contributed by atoms with E-state index in [0.717, 1.165) is 0 Å². The maximum Gasteiger partial charge on any atom is 0.0737 e. The molecule has 0 fully saturated rings. The second-order valence-corrected chi connectivity index (χ2v) is 18.8. The van der Waals surface area contributed by atoms with Gasteiger partial charge in [-0.25, -0.2) is 0 Å². The first-order chi connectivity index (χ1) is 32.2. The van der Waals surface area contributed by atoms with E-state index < -0.39 is 5.41 Å². The minimum absolute atomic E-state index is 0.537. The van der Waals surface area contributed by atoms with Gasteiger partial charge < -0.3 is 0 Å². The molecule has 14 rings (SSSR count). The van der Waals surface area contributed by atoms with Crippen LogP contribution in [0.2, 0.25) is 0 Å². The van der Waals surface area contributed by atoms with Gasteiger partial charge in [0, 0.05) is 15.0 Å². The molecule has 0 bridgehead atoms. The van der Waals surface area contributed by atoms with E-state index in [1.165, 1.54) is 141 Å². The fourth-order valence-corrected chi connectivity index (χ4v) is 13.6. The van der Waals surface area contributed by atoms with Crippen molar-refractivity contribution in [1.29, 1.82) is 0 Å². The molecule has 0 unspecified atom stereocenters. The average Bonchev–Trinajstić information content (AvgIpc) is 3.99. The van der Waals surface area contributed by atoms with Crippen LogP contribution in [0.3, 0.4) is 0 Å². The van der Waals surface area contributed by atoms with Crippen LogP contribution in [0, 0.1) is 0 Å². The summed E-state index contributed by atoms with van der Waals surface area (Å²) in [5.41, 5.74) is 16.5. The predicted molar refractivity (Wildman–Crippen MR) is 281 cm³/mol. The Bertz CT molecular complexity index is 4000. The molecule has 1 aromatic heterocycles. The van der Waals surface area contributed by atoms with Crippen LogP contribution in [-0.2, 0) is 5.41 Å². The molecular formula is C64H40S. The Morgan fingerprint density at radius 3 is 1.46 bits per heavy atom. The normalized spacial score (nSPS) is 13.4. The maximum atomic E-state index is 4.26. The molecule has 65 heavy (non-hydrogen) atoms. The van der Waals surface area contributed by atoms with Crippen molar-refractivity contribution >= 4 is 87.4 Å². The van der Waals surface area contributed by atoms with E-state index in [-0.39, 0.29) is 0 Å². The molecule has 0 saturated carbocycles. The lowest BCUT2D eigenvalue weighted by atomic mass is 9.68. The standard InChI is InChI=1S/C64H40S/c1-3-19-57-39(4-2)52-36-38(34-35-58(52)65-57)59-46-26-9-11-28-48(46)60(49-29-12-10-27-47(49)59)53-37-54-61-45-25-8-5-20-40(45)41-21-6-14-31-51(41)63(61)64(62(54)50-30-13-7-22-42(50)53)55-32-17-15-23-43(55)44-24-16-18-33-56(44)64/h3-37H,2H2,1H3/b19-3-. The number of rotatable bonds is 4. The third-order valence-electron chi connectivity index (χ3n) is 14.7. The third kappa shape index (κ3) is 4.70. The van der Waals surface area contributed by atoms with Crippen LogP contribution in [0.1, 0.15) is 39.6 Å². The predicted octanol–water partition coefficient (Wildman–Crippen LogP) is 18.0. The van der Waals surface area contributed by atoms with Crippen LogP contribution in [-0.4, -0.2) is 0 Å². The zero-order chi connectivity index (χ0) is 43.0. The highest BCUT2D eigenvalue weighted by Gasteiger charge is 2.54. The maximum absolute atomic E-state index is 4.26. The Morgan fingerprint density at radius 1 is 0.400 bits per heavy atom. The minimum Gasteiger partial charge on any atom is -0.135 e. The third-order valence-corrected chi connectivity index (χ3v) is 15.9.